The Morgan fingerprint density at radius 3 is 2.45 bits per heavy atom. The van der Waals surface area contributed by atoms with Crippen LogP contribution in [0.5, 0.6) is 11.5 Å². The highest BCUT2D eigenvalue weighted by atomic mass is 16.5. The maximum atomic E-state index is 5.79. The largest absolute Gasteiger partial charge is 0.490 e. The second-order valence-corrected chi connectivity index (χ2v) is 7.77. The summed E-state index contributed by atoms with van der Waals surface area (Å²) in [5.41, 5.74) is 3.75. The van der Waals surface area contributed by atoms with Crippen LogP contribution in [0.25, 0.3) is 0 Å². The molecule has 4 rings (SSSR count). The third-order valence-corrected chi connectivity index (χ3v) is 5.56. The van der Waals surface area contributed by atoms with Crippen molar-refractivity contribution in [1.82, 2.24) is 15.5 Å². The zero-order chi connectivity index (χ0) is 21.3. The molecule has 2 N–H and O–H groups in total. The van der Waals surface area contributed by atoms with Crippen molar-refractivity contribution in [3.63, 3.8) is 0 Å². The molecule has 1 saturated heterocycles. The summed E-state index contributed by atoms with van der Waals surface area (Å²) < 4.78 is 17.0. The Kier molecular flexibility index (Phi) is 7.63. The van der Waals surface area contributed by atoms with Crippen molar-refractivity contribution < 1.29 is 14.2 Å². The molecule has 2 aromatic rings. The number of guanidine groups is 1. The molecule has 0 atom stereocenters. The van der Waals surface area contributed by atoms with Crippen molar-refractivity contribution >= 4 is 5.96 Å². The molecule has 0 saturated carbocycles. The molecule has 0 amide bonds. The normalized spacial score (nSPS) is 17.1. The first-order chi connectivity index (χ1) is 15.3. The summed E-state index contributed by atoms with van der Waals surface area (Å²) in [6.45, 7) is 7.33. The molecule has 0 aliphatic carbocycles. The number of aliphatic imine (C=N–C) groups is 1. The van der Waals surface area contributed by atoms with Gasteiger partial charge in [-0.25, -0.2) is 0 Å². The highest BCUT2D eigenvalue weighted by Gasteiger charge is 2.13. The summed E-state index contributed by atoms with van der Waals surface area (Å²) in [6.07, 6.45) is 0.909. The molecule has 2 heterocycles. The number of hydrogen-bond donors (Lipinski definition) is 2. The molecule has 1 fully saturated rings. The van der Waals surface area contributed by atoms with Gasteiger partial charge in [-0.1, -0.05) is 30.3 Å². The molecule has 2 aromatic carbocycles. The van der Waals surface area contributed by atoms with Crippen LogP contribution >= 0.6 is 0 Å². The Morgan fingerprint density at radius 1 is 0.903 bits per heavy atom. The highest BCUT2D eigenvalue weighted by molar-refractivity contribution is 5.79. The Balaban J connectivity index is 1.31. The molecular formula is C24H32N4O3. The topological polar surface area (TPSA) is 67.4 Å². The van der Waals surface area contributed by atoms with Crippen LogP contribution < -0.4 is 20.1 Å². The van der Waals surface area contributed by atoms with Crippen molar-refractivity contribution in [2.75, 3.05) is 46.6 Å². The van der Waals surface area contributed by atoms with Crippen LogP contribution in [0.1, 0.15) is 23.1 Å². The molecule has 166 valence electrons. The van der Waals surface area contributed by atoms with Gasteiger partial charge >= 0.3 is 0 Å². The number of ether oxygens (including phenoxy) is 3. The lowest BCUT2D eigenvalue weighted by Gasteiger charge is -2.27. The van der Waals surface area contributed by atoms with E-state index in [4.69, 9.17) is 14.2 Å². The summed E-state index contributed by atoms with van der Waals surface area (Å²) >= 11 is 0. The van der Waals surface area contributed by atoms with Gasteiger partial charge in [0.1, 0.15) is 0 Å². The first kappa shape index (κ1) is 21.5. The van der Waals surface area contributed by atoms with Gasteiger partial charge in [-0.05, 0) is 28.8 Å². The van der Waals surface area contributed by atoms with Crippen LogP contribution in [0.3, 0.4) is 0 Å². The number of hydrogen-bond acceptors (Lipinski definition) is 5. The summed E-state index contributed by atoms with van der Waals surface area (Å²) in [7, 11) is 1.79. The fourth-order valence-corrected chi connectivity index (χ4v) is 3.79. The Hall–Kier alpha value is -2.77. The molecule has 7 heteroatoms. The third kappa shape index (κ3) is 6.12. The van der Waals surface area contributed by atoms with Crippen molar-refractivity contribution in [2.24, 2.45) is 4.99 Å². The molecule has 2 aliphatic heterocycles. The van der Waals surface area contributed by atoms with E-state index in [2.05, 4.69) is 50.9 Å². The molecule has 31 heavy (non-hydrogen) atoms. The molecule has 7 nitrogen and oxygen atoms in total. The molecule has 0 radical (unpaired) electrons. The summed E-state index contributed by atoms with van der Waals surface area (Å²) in [5, 5.41) is 6.84. The lowest BCUT2D eigenvalue weighted by Crippen LogP contribution is -2.37. The van der Waals surface area contributed by atoms with Crippen LogP contribution in [-0.2, 0) is 24.4 Å². The zero-order valence-corrected chi connectivity index (χ0v) is 18.2. The second-order valence-electron chi connectivity index (χ2n) is 7.77. The minimum atomic E-state index is 0.658. The quantitative estimate of drug-likeness (QED) is 0.549. The molecule has 0 spiro atoms. The van der Waals surface area contributed by atoms with Crippen LogP contribution in [0, 0.1) is 0 Å². The number of morpholine rings is 1. The van der Waals surface area contributed by atoms with E-state index in [1.54, 1.807) is 7.05 Å². The molecule has 0 unspecified atom stereocenters. The number of nitrogens with zero attached hydrogens (tertiary/aromatic N) is 2. The van der Waals surface area contributed by atoms with Crippen molar-refractivity contribution in [2.45, 2.75) is 26.1 Å². The van der Waals surface area contributed by atoms with Gasteiger partial charge < -0.3 is 24.8 Å². The number of rotatable bonds is 6. The SMILES string of the molecule is CN=C(NCc1ccc2c(c1)OCCCO2)NCc1ccccc1CN1CCOCC1. The van der Waals surface area contributed by atoms with E-state index in [0.717, 1.165) is 68.8 Å². The van der Waals surface area contributed by atoms with Crippen molar-refractivity contribution in [1.29, 1.82) is 0 Å². The van der Waals surface area contributed by atoms with Gasteiger partial charge in [-0.3, -0.25) is 9.89 Å². The maximum Gasteiger partial charge on any atom is 0.191 e. The predicted molar refractivity (Wildman–Crippen MR) is 122 cm³/mol. The van der Waals surface area contributed by atoms with E-state index in [-0.39, 0.29) is 0 Å². The van der Waals surface area contributed by atoms with Gasteiger partial charge in [-0.2, -0.15) is 0 Å². The predicted octanol–water partition coefficient (Wildman–Crippen LogP) is 2.55. The fraction of sp³-hybridized carbons (Fsp3) is 0.458. The third-order valence-electron chi connectivity index (χ3n) is 5.56. The van der Waals surface area contributed by atoms with E-state index in [1.807, 2.05) is 12.1 Å². The summed E-state index contributed by atoms with van der Waals surface area (Å²) in [5.74, 6) is 2.41. The minimum absolute atomic E-state index is 0.658. The number of benzene rings is 2. The standard InChI is InChI=1S/C24H32N4O3/c1-25-24(26-16-19-7-8-22-23(15-19)31-12-4-11-30-22)27-17-20-5-2-3-6-21(20)18-28-9-13-29-14-10-28/h2-3,5-8,15H,4,9-14,16-18H2,1H3,(H2,25,26,27). The van der Waals surface area contributed by atoms with E-state index in [9.17, 15) is 0 Å². The monoisotopic (exact) mass is 424 g/mol. The van der Waals surface area contributed by atoms with Crippen LogP contribution in [-0.4, -0.2) is 57.4 Å². The van der Waals surface area contributed by atoms with E-state index >= 15 is 0 Å². The van der Waals surface area contributed by atoms with Gasteiger partial charge in [0.15, 0.2) is 17.5 Å². The van der Waals surface area contributed by atoms with Gasteiger partial charge in [0.2, 0.25) is 0 Å². The molecular weight excluding hydrogens is 392 g/mol. The second kappa shape index (κ2) is 11.0. The van der Waals surface area contributed by atoms with E-state index in [1.165, 1.54) is 11.1 Å². The number of nitrogens with one attached hydrogen (secondary N) is 2. The first-order valence-corrected chi connectivity index (χ1v) is 11.0. The highest BCUT2D eigenvalue weighted by Crippen LogP contribution is 2.30. The molecule has 0 bridgehead atoms. The minimum Gasteiger partial charge on any atom is -0.490 e. The lowest BCUT2D eigenvalue weighted by atomic mass is 10.1. The molecule has 2 aliphatic rings. The Morgan fingerprint density at radius 2 is 1.65 bits per heavy atom. The fourth-order valence-electron chi connectivity index (χ4n) is 3.79. The smallest absolute Gasteiger partial charge is 0.191 e. The van der Waals surface area contributed by atoms with Crippen LogP contribution in [0.4, 0.5) is 0 Å². The zero-order valence-electron chi connectivity index (χ0n) is 18.2. The first-order valence-electron chi connectivity index (χ1n) is 11.0. The summed E-state index contributed by atoms with van der Waals surface area (Å²) in [4.78, 5) is 6.82. The molecule has 0 aromatic heterocycles. The van der Waals surface area contributed by atoms with Gasteiger partial charge in [0.25, 0.3) is 0 Å². The average molecular weight is 425 g/mol. The van der Waals surface area contributed by atoms with Gasteiger partial charge in [0.05, 0.1) is 26.4 Å². The van der Waals surface area contributed by atoms with Crippen LogP contribution in [0.15, 0.2) is 47.5 Å². The van der Waals surface area contributed by atoms with Crippen molar-refractivity contribution in [3.05, 3.63) is 59.2 Å². The van der Waals surface area contributed by atoms with E-state index < -0.39 is 0 Å². The maximum absolute atomic E-state index is 5.79. The van der Waals surface area contributed by atoms with Crippen LogP contribution in [0.2, 0.25) is 0 Å². The van der Waals surface area contributed by atoms with Gasteiger partial charge in [-0.15, -0.1) is 0 Å². The van der Waals surface area contributed by atoms with Gasteiger partial charge in [0, 0.05) is 46.2 Å². The van der Waals surface area contributed by atoms with Crippen molar-refractivity contribution in [3.8, 4) is 11.5 Å². The average Bonchev–Trinajstić information content (AvgIpc) is 3.06. The Labute approximate surface area is 184 Å². The Bertz CT molecular complexity index is 881. The van der Waals surface area contributed by atoms with E-state index in [0.29, 0.717) is 19.8 Å². The lowest BCUT2D eigenvalue weighted by molar-refractivity contribution is 0.0341. The number of fused-ring (bicyclic) bond motifs is 1. The summed E-state index contributed by atoms with van der Waals surface area (Å²) in [6, 6.07) is 14.7.